The molecule has 0 fully saturated rings. The summed E-state index contributed by atoms with van der Waals surface area (Å²) in [5.41, 5.74) is 1.04. The van der Waals surface area contributed by atoms with E-state index in [0.717, 1.165) is 5.56 Å². The van der Waals surface area contributed by atoms with Crippen LogP contribution in [0.25, 0.3) is 0 Å². The Hall–Kier alpha value is -1.07. The summed E-state index contributed by atoms with van der Waals surface area (Å²) in [6, 6.07) is 5.78. The van der Waals surface area contributed by atoms with Crippen molar-refractivity contribution in [1.29, 1.82) is 0 Å². The smallest absolute Gasteiger partial charge is 0.161 e. The summed E-state index contributed by atoms with van der Waals surface area (Å²) in [6.45, 7) is 0. The minimum Gasteiger partial charge on any atom is -0.493 e. The summed E-state index contributed by atoms with van der Waals surface area (Å²) in [5.74, 6) is 1.96. The van der Waals surface area contributed by atoms with E-state index in [2.05, 4.69) is 5.32 Å². The van der Waals surface area contributed by atoms with Gasteiger partial charge >= 0.3 is 0 Å². The molecule has 4 nitrogen and oxygen atoms in total. The molecule has 0 heterocycles. The zero-order valence-electron chi connectivity index (χ0n) is 10.6. The minimum atomic E-state index is -0.846. The van der Waals surface area contributed by atoms with Crippen LogP contribution in [0.15, 0.2) is 18.2 Å². The lowest BCUT2D eigenvalue weighted by atomic mass is 10.1. The normalized spacial score (nSPS) is 14.1. The van der Waals surface area contributed by atoms with Gasteiger partial charge in [0, 0.05) is 28.9 Å². The molecule has 0 saturated carbocycles. The van der Waals surface area contributed by atoms with E-state index in [0.29, 0.717) is 17.3 Å². The maximum atomic E-state index is 11.3. The van der Waals surface area contributed by atoms with Crippen LogP contribution in [-0.4, -0.2) is 37.5 Å². The molecule has 0 aliphatic heterocycles. The van der Waals surface area contributed by atoms with Gasteiger partial charge < -0.3 is 14.8 Å². The number of hydrogen-bond acceptors (Lipinski definition) is 4. The van der Waals surface area contributed by atoms with Crippen molar-refractivity contribution in [3.05, 3.63) is 23.8 Å². The van der Waals surface area contributed by atoms with Gasteiger partial charge in [0.2, 0.25) is 0 Å². The van der Waals surface area contributed by atoms with Crippen molar-refractivity contribution in [2.45, 2.75) is 6.04 Å². The van der Waals surface area contributed by atoms with E-state index in [1.807, 2.05) is 25.2 Å². The summed E-state index contributed by atoms with van der Waals surface area (Å²) in [5, 5.41) is 3.15. The van der Waals surface area contributed by atoms with Crippen LogP contribution in [0.1, 0.15) is 11.6 Å². The van der Waals surface area contributed by atoms with Gasteiger partial charge in [-0.3, -0.25) is 4.21 Å². The lowest BCUT2D eigenvalue weighted by Crippen LogP contribution is -2.22. The van der Waals surface area contributed by atoms with E-state index in [4.69, 9.17) is 9.47 Å². The Morgan fingerprint density at radius 2 is 1.94 bits per heavy atom. The Morgan fingerprint density at radius 3 is 2.41 bits per heavy atom. The van der Waals surface area contributed by atoms with Gasteiger partial charge in [-0.1, -0.05) is 6.07 Å². The third kappa shape index (κ3) is 3.71. The zero-order chi connectivity index (χ0) is 12.8. The molecule has 1 rings (SSSR count). The molecule has 1 aromatic rings. The molecule has 5 heteroatoms. The number of nitrogens with one attached hydrogen (secondary N) is 1. The topological polar surface area (TPSA) is 47.6 Å². The largest absolute Gasteiger partial charge is 0.493 e. The lowest BCUT2D eigenvalue weighted by molar-refractivity contribution is 0.354. The maximum Gasteiger partial charge on any atom is 0.161 e. The van der Waals surface area contributed by atoms with Gasteiger partial charge in [0.1, 0.15) is 0 Å². The molecule has 1 aromatic carbocycles. The second-order valence-electron chi connectivity index (χ2n) is 3.70. The average Bonchev–Trinajstić information content (AvgIpc) is 2.34. The van der Waals surface area contributed by atoms with Crippen LogP contribution in [0.3, 0.4) is 0 Å². The highest BCUT2D eigenvalue weighted by molar-refractivity contribution is 7.84. The van der Waals surface area contributed by atoms with Crippen molar-refractivity contribution in [3.8, 4) is 11.5 Å². The van der Waals surface area contributed by atoms with E-state index in [-0.39, 0.29) is 6.04 Å². The molecule has 2 unspecified atom stereocenters. The molecule has 96 valence electrons. The molecule has 0 spiro atoms. The van der Waals surface area contributed by atoms with E-state index >= 15 is 0 Å². The second-order valence-corrected chi connectivity index (χ2v) is 5.18. The van der Waals surface area contributed by atoms with Gasteiger partial charge in [-0.15, -0.1) is 0 Å². The number of ether oxygens (including phenoxy) is 2. The highest BCUT2D eigenvalue weighted by atomic mass is 32.2. The molecule has 0 bridgehead atoms. The first kappa shape index (κ1) is 14.0. The average molecular weight is 257 g/mol. The monoisotopic (exact) mass is 257 g/mol. The van der Waals surface area contributed by atoms with Crippen LogP contribution in [-0.2, 0) is 10.8 Å². The molecule has 0 aliphatic carbocycles. The molecule has 0 radical (unpaired) electrons. The Kier molecular flexibility index (Phi) is 5.44. The third-order valence-corrected chi connectivity index (χ3v) is 3.36. The van der Waals surface area contributed by atoms with Crippen LogP contribution < -0.4 is 14.8 Å². The molecule has 17 heavy (non-hydrogen) atoms. The molecule has 0 saturated heterocycles. The summed E-state index contributed by atoms with van der Waals surface area (Å²) >= 11 is 0. The fraction of sp³-hybridized carbons (Fsp3) is 0.500. The van der Waals surface area contributed by atoms with Crippen molar-refractivity contribution < 1.29 is 13.7 Å². The van der Waals surface area contributed by atoms with E-state index < -0.39 is 10.8 Å². The molecule has 1 N–H and O–H groups in total. The lowest BCUT2D eigenvalue weighted by Gasteiger charge is -2.17. The number of benzene rings is 1. The van der Waals surface area contributed by atoms with Crippen molar-refractivity contribution >= 4 is 10.8 Å². The van der Waals surface area contributed by atoms with Crippen LogP contribution in [0.4, 0.5) is 0 Å². The quantitative estimate of drug-likeness (QED) is 0.835. The third-order valence-electron chi connectivity index (χ3n) is 2.56. The van der Waals surface area contributed by atoms with Crippen molar-refractivity contribution in [2.24, 2.45) is 0 Å². The summed E-state index contributed by atoms with van der Waals surface area (Å²) in [4.78, 5) is 0. The number of hydrogen-bond donors (Lipinski definition) is 1. The first-order valence-electron chi connectivity index (χ1n) is 5.31. The Balaban J connectivity index is 3.00. The highest BCUT2D eigenvalue weighted by Gasteiger charge is 2.13. The maximum absolute atomic E-state index is 11.3. The van der Waals surface area contributed by atoms with E-state index in [1.165, 1.54) is 0 Å². The van der Waals surface area contributed by atoms with Crippen molar-refractivity contribution in [2.75, 3.05) is 33.3 Å². The molecule has 2 atom stereocenters. The fourth-order valence-electron chi connectivity index (χ4n) is 1.65. The van der Waals surface area contributed by atoms with Gasteiger partial charge in [0.15, 0.2) is 11.5 Å². The second kappa shape index (κ2) is 6.61. The number of methoxy groups -OCH3 is 2. The number of rotatable bonds is 6. The zero-order valence-corrected chi connectivity index (χ0v) is 11.5. The van der Waals surface area contributed by atoms with E-state index in [9.17, 15) is 4.21 Å². The van der Waals surface area contributed by atoms with Gasteiger partial charge in [-0.2, -0.15) is 0 Å². The standard InChI is InChI=1S/C12H19NO3S/c1-13-10(8-17(4)14)9-5-6-11(15-2)12(7-9)16-3/h5-7,10,13H,8H2,1-4H3. The van der Waals surface area contributed by atoms with Gasteiger partial charge in [0.25, 0.3) is 0 Å². The molecule has 0 amide bonds. The fourth-order valence-corrected chi connectivity index (χ4v) is 2.48. The molecule has 0 aromatic heterocycles. The van der Waals surface area contributed by atoms with Crippen LogP contribution in [0.2, 0.25) is 0 Å². The van der Waals surface area contributed by atoms with Crippen LogP contribution in [0, 0.1) is 0 Å². The van der Waals surface area contributed by atoms with Crippen LogP contribution >= 0.6 is 0 Å². The summed E-state index contributed by atoms with van der Waals surface area (Å²) in [6.07, 6.45) is 1.70. The first-order chi connectivity index (χ1) is 8.12. The molecule has 0 aliphatic rings. The van der Waals surface area contributed by atoms with Gasteiger partial charge in [0.05, 0.1) is 14.2 Å². The molecular weight excluding hydrogens is 238 g/mol. The van der Waals surface area contributed by atoms with Gasteiger partial charge in [-0.25, -0.2) is 0 Å². The van der Waals surface area contributed by atoms with Gasteiger partial charge in [-0.05, 0) is 24.7 Å². The minimum absolute atomic E-state index is 0.0561. The van der Waals surface area contributed by atoms with Crippen LogP contribution in [0.5, 0.6) is 11.5 Å². The summed E-state index contributed by atoms with van der Waals surface area (Å²) in [7, 11) is 4.22. The summed E-state index contributed by atoms with van der Waals surface area (Å²) < 4.78 is 21.7. The molecular formula is C12H19NO3S. The first-order valence-corrected chi connectivity index (χ1v) is 7.04. The highest BCUT2D eigenvalue weighted by Crippen LogP contribution is 2.30. The predicted octanol–water partition coefficient (Wildman–Crippen LogP) is 1.34. The Bertz CT molecular complexity index is 395. The Labute approximate surface area is 105 Å². The Morgan fingerprint density at radius 1 is 1.29 bits per heavy atom. The van der Waals surface area contributed by atoms with Crippen molar-refractivity contribution in [3.63, 3.8) is 0 Å². The van der Waals surface area contributed by atoms with E-state index in [1.54, 1.807) is 20.5 Å². The SMILES string of the molecule is CNC(CS(C)=O)c1ccc(OC)c(OC)c1. The van der Waals surface area contributed by atoms with Crippen molar-refractivity contribution in [1.82, 2.24) is 5.32 Å². The predicted molar refractivity (Wildman–Crippen MR) is 70.3 cm³/mol.